The number of hydrogen-bond donors (Lipinski definition) is 2. The van der Waals surface area contributed by atoms with E-state index in [-0.39, 0.29) is 5.69 Å². The average molecular weight is 289 g/mol. The van der Waals surface area contributed by atoms with E-state index in [1.807, 2.05) is 4.98 Å². The molecule has 0 amide bonds. The SMILES string of the molecule is COc1ccccc1/C=C/c1[nH]c(=O)[nH]c(=O)c1[N+](=O)[O-]. The van der Waals surface area contributed by atoms with E-state index < -0.39 is 21.9 Å². The summed E-state index contributed by atoms with van der Waals surface area (Å²) in [5.74, 6) is 0.559. The summed E-state index contributed by atoms with van der Waals surface area (Å²) in [7, 11) is 1.49. The molecule has 21 heavy (non-hydrogen) atoms. The van der Waals surface area contributed by atoms with Crippen LogP contribution in [0.5, 0.6) is 5.75 Å². The molecule has 0 fully saturated rings. The van der Waals surface area contributed by atoms with E-state index in [1.54, 1.807) is 24.3 Å². The third-order valence-corrected chi connectivity index (χ3v) is 2.70. The number of nitrogens with zero attached hydrogens (tertiary/aromatic N) is 1. The number of para-hydroxylation sites is 1. The molecule has 1 aromatic heterocycles. The van der Waals surface area contributed by atoms with Gasteiger partial charge in [0.1, 0.15) is 11.4 Å². The van der Waals surface area contributed by atoms with Crippen LogP contribution in [0.4, 0.5) is 5.69 Å². The lowest BCUT2D eigenvalue weighted by Crippen LogP contribution is -2.25. The van der Waals surface area contributed by atoms with Crippen LogP contribution in [0, 0.1) is 10.1 Å². The van der Waals surface area contributed by atoms with Crippen LogP contribution in [-0.2, 0) is 0 Å². The van der Waals surface area contributed by atoms with Crippen LogP contribution in [0.3, 0.4) is 0 Å². The predicted molar refractivity (Wildman–Crippen MR) is 76.3 cm³/mol. The average Bonchev–Trinajstić information content (AvgIpc) is 2.44. The van der Waals surface area contributed by atoms with Crippen LogP contribution in [0.1, 0.15) is 11.3 Å². The maximum atomic E-state index is 11.5. The van der Waals surface area contributed by atoms with E-state index in [9.17, 15) is 19.7 Å². The van der Waals surface area contributed by atoms with E-state index in [0.29, 0.717) is 11.3 Å². The summed E-state index contributed by atoms with van der Waals surface area (Å²) in [6.45, 7) is 0. The van der Waals surface area contributed by atoms with Crippen LogP contribution in [0.25, 0.3) is 12.2 Å². The van der Waals surface area contributed by atoms with Gasteiger partial charge in [-0.05, 0) is 18.2 Å². The Hall–Kier alpha value is -3.16. The maximum Gasteiger partial charge on any atom is 0.357 e. The molecule has 2 aromatic rings. The van der Waals surface area contributed by atoms with Gasteiger partial charge in [-0.1, -0.05) is 18.2 Å². The summed E-state index contributed by atoms with van der Waals surface area (Å²) >= 11 is 0. The van der Waals surface area contributed by atoms with Crippen molar-refractivity contribution < 1.29 is 9.66 Å². The lowest BCUT2D eigenvalue weighted by atomic mass is 10.1. The molecule has 108 valence electrons. The number of H-pyrrole nitrogens is 2. The van der Waals surface area contributed by atoms with Crippen molar-refractivity contribution in [2.45, 2.75) is 0 Å². The van der Waals surface area contributed by atoms with Gasteiger partial charge in [-0.3, -0.25) is 19.9 Å². The summed E-state index contributed by atoms with van der Waals surface area (Å²) in [4.78, 5) is 36.8. The van der Waals surface area contributed by atoms with E-state index in [4.69, 9.17) is 4.74 Å². The van der Waals surface area contributed by atoms with Gasteiger partial charge in [0.05, 0.1) is 12.0 Å². The van der Waals surface area contributed by atoms with Gasteiger partial charge in [-0.2, -0.15) is 0 Å². The van der Waals surface area contributed by atoms with Gasteiger partial charge in [0.15, 0.2) is 0 Å². The maximum absolute atomic E-state index is 11.5. The lowest BCUT2D eigenvalue weighted by molar-refractivity contribution is -0.386. The van der Waals surface area contributed by atoms with Crippen molar-refractivity contribution in [1.29, 1.82) is 0 Å². The Labute approximate surface area is 117 Å². The zero-order valence-electron chi connectivity index (χ0n) is 11.0. The van der Waals surface area contributed by atoms with E-state index in [0.717, 1.165) is 0 Å². The van der Waals surface area contributed by atoms with Crippen LogP contribution in [0.2, 0.25) is 0 Å². The highest BCUT2D eigenvalue weighted by atomic mass is 16.6. The number of methoxy groups -OCH3 is 1. The zero-order chi connectivity index (χ0) is 15.4. The van der Waals surface area contributed by atoms with Crippen molar-refractivity contribution in [2.75, 3.05) is 7.11 Å². The van der Waals surface area contributed by atoms with Crippen LogP contribution < -0.4 is 16.0 Å². The van der Waals surface area contributed by atoms with Crippen LogP contribution >= 0.6 is 0 Å². The Morgan fingerprint density at radius 2 is 1.90 bits per heavy atom. The molecule has 0 aliphatic rings. The van der Waals surface area contributed by atoms with Crippen molar-refractivity contribution in [3.05, 3.63) is 66.5 Å². The van der Waals surface area contributed by atoms with Crippen molar-refractivity contribution in [3.63, 3.8) is 0 Å². The summed E-state index contributed by atoms with van der Waals surface area (Å²) < 4.78 is 5.13. The van der Waals surface area contributed by atoms with E-state index in [1.165, 1.54) is 19.3 Å². The molecule has 0 saturated carbocycles. The molecule has 1 aromatic carbocycles. The van der Waals surface area contributed by atoms with Crippen molar-refractivity contribution in [2.24, 2.45) is 0 Å². The molecule has 0 aliphatic carbocycles. The molecule has 2 rings (SSSR count). The predicted octanol–water partition coefficient (Wildman–Crippen LogP) is 1.15. The molecular formula is C13H11N3O5. The number of rotatable bonds is 4. The standard InChI is InChI=1S/C13H11N3O5/c1-21-10-5-3-2-4-8(10)6-7-9-11(16(19)20)12(17)15-13(18)14-9/h2-7H,1H3,(H2,14,15,17,18)/b7-6+. The molecule has 0 atom stereocenters. The quantitative estimate of drug-likeness (QED) is 0.646. The molecule has 0 bridgehead atoms. The molecule has 2 N–H and O–H groups in total. The molecule has 0 unspecified atom stereocenters. The number of aromatic nitrogens is 2. The summed E-state index contributed by atoms with van der Waals surface area (Å²) in [6.07, 6.45) is 2.79. The van der Waals surface area contributed by atoms with Crippen molar-refractivity contribution >= 4 is 17.8 Å². The third-order valence-electron chi connectivity index (χ3n) is 2.70. The second-order valence-corrected chi connectivity index (χ2v) is 4.00. The van der Waals surface area contributed by atoms with E-state index in [2.05, 4.69) is 4.98 Å². The second-order valence-electron chi connectivity index (χ2n) is 4.00. The van der Waals surface area contributed by atoms with Crippen molar-refractivity contribution in [3.8, 4) is 5.75 Å². The highest BCUT2D eigenvalue weighted by molar-refractivity contribution is 5.74. The first-order valence-electron chi connectivity index (χ1n) is 5.85. The Kier molecular flexibility index (Phi) is 3.98. The minimum absolute atomic E-state index is 0.181. The summed E-state index contributed by atoms with van der Waals surface area (Å²) in [5.41, 5.74) is -2.12. The van der Waals surface area contributed by atoms with Gasteiger partial charge in [-0.15, -0.1) is 0 Å². The molecule has 0 spiro atoms. The lowest BCUT2D eigenvalue weighted by Gasteiger charge is -2.03. The molecular weight excluding hydrogens is 278 g/mol. The highest BCUT2D eigenvalue weighted by Crippen LogP contribution is 2.20. The number of nitro groups is 1. The fraction of sp³-hybridized carbons (Fsp3) is 0.0769. The Morgan fingerprint density at radius 3 is 2.57 bits per heavy atom. The van der Waals surface area contributed by atoms with Gasteiger partial charge in [-0.25, -0.2) is 4.79 Å². The Morgan fingerprint density at radius 1 is 1.19 bits per heavy atom. The van der Waals surface area contributed by atoms with Gasteiger partial charge >= 0.3 is 16.9 Å². The molecule has 8 heteroatoms. The van der Waals surface area contributed by atoms with Crippen LogP contribution in [-0.4, -0.2) is 22.0 Å². The largest absolute Gasteiger partial charge is 0.496 e. The Balaban J connectivity index is 2.53. The number of hydrogen-bond acceptors (Lipinski definition) is 5. The van der Waals surface area contributed by atoms with Gasteiger partial charge in [0.25, 0.3) is 0 Å². The number of ether oxygens (including phenoxy) is 1. The summed E-state index contributed by atoms with van der Waals surface area (Å²) in [5, 5.41) is 10.9. The fourth-order valence-corrected chi connectivity index (χ4v) is 1.78. The minimum Gasteiger partial charge on any atom is -0.496 e. The smallest absolute Gasteiger partial charge is 0.357 e. The molecule has 0 radical (unpaired) electrons. The fourth-order valence-electron chi connectivity index (χ4n) is 1.78. The van der Waals surface area contributed by atoms with Gasteiger partial charge in [0.2, 0.25) is 0 Å². The topological polar surface area (TPSA) is 118 Å². The number of aromatic amines is 2. The zero-order valence-corrected chi connectivity index (χ0v) is 11.0. The van der Waals surface area contributed by atoms with Gasteiger partial charge in [0, 0.05) is 5.56 Å². The first-order valence-corrected chi connectivity index (χ1v) is 5.85. The van der Waals surface area contributed by atoms with Crippen LogP contribution in [0.15, 0.2) is 33.9 Å². The highest BCUT2D eigenvalue weighted by Gasteiger charge is 2.18. The summed E-state index contributed by atoms with van der Waals surface area (Å²) in [6, 6.07) is 6.98. The van der Waals surface area contributed by atoms with E-state index >= 15 is 0 Å². The normalized spacial score (nSPS) is 10.7. The molecule has 1 heterocycles. The monoisotopic (exact) mass is 289 g/mol. The molecule has 0 aliphatic heterocycles. The molecule has 8 nitrogen and oxygen atoms in total. The first kappa shape index (κ1) is 14.3. The third kappa shape index (κ3) is 3.06. The van der Waals surface area contributed by atoms with Gasteiger partial charge < -0.3 is 9.72 Å². The number of benzene rings is 1. The first-order chi connectivity index (χ1) is 10.0. The number of nitrogens with one attached hydrogen (secondary N) is 2. The Bertz CT molecular complexity index is 819. The second kappa shape index (κ2) is 5.87. The molecule has 0 saturated heterocycles. The van der Waals surface area contributed by atoms with Crippen molar-refractivity contribution in [1.82, 2.24) is 9.97 Å². The minimum atomic E-state index is -1.05.